The third kappa shape index (κ3) is 2.95. The van der Waals surface area contributed by atoms with Crippen molar-refractivity contribution in [2.45, 2.75) is 32.5 Å². The summed E-state index contributed by atoms with van der Waals surface area (Å²) in [6.07, 6.45) is 0.669. The highest BCUT2D eigenvalue weighted by atomic mass is 16.3. The summed E-state index contributed by atoms with van der Waals surface area (Å²) in [5, 5.41) is 10.6. The van der Waals surface area contributed by atoms with Crippen molar-refractivity contribution in [2.24, 2.45) is 0 Å². The third-order valence-corrected chi connectivity index (χ3v) is 4.92. The molecule has 24 heavy (non-hydrogen) atoms. The molecule has 124 valence electrons. The molecular formula is C20H23N3O. The topological polar surface area (TPSA) is 41.3 Å². The van der Waals surface area contributed by atoms with Crippen molar-refractivity contribution in [3.8, 4) is 0 Å². The molecule has 0 spiro atoms. The van der Waals surface area contributed by atoms with Crippen molar-refractivity contribution in [1.29, 1.82) is 0 Å². The van der Waals surface area contributed by atoms with Gasteiger partial charge in [0.15, 0.2) is 0 Å². The number of aliphatic hydroxyl groups excluding tert-OH is 1. The van der Waals surface area contributed by atoms with Crippen molar-refractivity contribution in [2.75, 3.05) is 13.1 Å². The lowest BCUT2D eigenvalue weighted by Crippen LogP contribution is -2.38. The van der Waals surface area contributed by atoms with E-state index < -0.39 is 6.10 Å². The first-order chi connectivity index (χ1) is 11.7. The molecule has 0 radical (unpaired) electrons. The van der Waals surface area contributed by atoms with E-state index in [1.54, 1.807) is 0 Å². The van der Waals surface area contributed by atoms with Gasteiger partial charge >= 0.3 is 0 Å². The van der Waals surface area contributed by atoms with Gasteiger partial charge in [0.1, 0.15) is 5.82 Å². The Balaban J connectivity index is 1.45. The number of fused-ring (bicyclic) bond motifs is 2. The Morgan fingerprint density at radius 1 is 1.04 bits per heavy atom. The van der Waals surface area contributed by atoms with E-state index in [9.17, 15) is 5.11 Å². The zero-order chi connectivity index (χ0) is 16.5. The largest absolute Gasteiger partial charge is 0.390 e. The van der Waals surface area contributed by atoms with Crippen LogP contribution in [0.3, 0.4) is 0 Å². The summed E-state index contributed by atoms with van der Waals surface area (Å²) in [5.74, 6) is 0.958. The Morgan fingerprint density at radius 2 is 1.79 bits per heavy atom. The van der Waals surface area contributed by atoms with Gasteiger partial charge in [-0.3, -0.25) is 4.90 Å². The van der Waals surface area contributed by atoms with E-state index in [-0.39, 0.29) is 0 Å². The molecule has 0 amide bonds. The van der Waals surface area contributed by atoms with E-state index in [0.29, 0.717) is 13.1 Å². The quantitative estimate of drug-likeness (QED) is 0.803. The number of hydrogen-bond donors (Lipinski definition) is 1. The molecule has 1 aliphatic rings. The highest BCUT2D eigenvalue weighted by Crippen LogP contribution is 2.20. The lowest BCUT2D eigenvalue weighted by Gasteiger charge is -2.30. The minimum absolute atomic E-state index is 0.397. The number of nitrogens with zero attached hydrogens (tertiary/aromatic N) is 3. The summed E-state index contributed by atoms with van der Waals surface area (Å²) in [5.41, 5.74) is 4.92. The molecule has 4 nitrogen and oxygen atoms in total. The number of rotatable bonds is 4. The van der Waals surface area contributed by atoms with Crippen LogP contribution in [-0.2, 0) is 19.5 Å². The van der Waals surface area contributed by atoms with Crippen LogP contribution in [0.25, 0.3) is 11.0 Å². The van der Waals surface area contributed by atoms with E-state index >= 15 is 0 Å². The van der Waals surface area contributed by atoms with Crippen LogP contribution in [0.1, 0.15) is 17.0 Å². The van der Waals surface area contributed by atoms with Crippen molar-refractivity contribution < 1.29 is 5.11 Å². The van der Waals surface area contributed by atoms with Crippen molar-refractivity contribution in [3.05, 3.63) is 65.5 Å². The maximum absolute atomic E-state index is 10.6. The van der Waals surface area contributed by atoms with Crippen LogP contribution in [-0.4, -0.2) is 38.8 Å². The van der Waals surface area contributed by atoms with Gasteiger partial charge in [0, 0.05) is 19.6 Å². The minimum atomic E-state index is -0.397. The number of imidazole rings is 1. The molecule has 1 aromatic heterocycles. The van der Waals surface area contributed by atoms with Crippen LogP contribution >= 0.6 is 0 Å². The van der Waals surface area contributed by atoms with Crippen LogP contribution in [0, 0.1) is 6.92 Å². The van der Waals surface area contributed by atoms with Crippen molar-refractivity contribution in [1.82, 2.24) is 14.5 Å². The molecule has 2 heterocycles. The van der Waals surface area contributed by atoms with Gasteiger partial charge in [0.2, 0.25) is 0 Å². The molecule has 0 saturated carbocycles. The summed E-state index contributed by atoms with van der Waals surface area (Å²) in [6, 6.07) is 16.7. The second kappa shape index (κ2) is 6.38. The van der Waals surface area contributed by atoms with Gasteiger partial charge in [-0.1, -0.05) is 36.4 Å². The highest BCUT2D eigenvalue weighted by Gasteiger charge is 2.19. The smallest absolute Gasteiger partial charge is 0.106 e. The van der Waals surface area contributed by atoms with E-state index in [0.717, 1.165) is 36.4 Å². The fraction of sp³-hybridized carbons (Fsp3) is 0.350. The fourth-order valence-electron chi connectivity index (χ4n) is 3.70. The third-order valence-electron chi connectivity index (χ3n) is 4.92. The van der Waals surface area contributed by atoms with Gasteiger partial charge in [-0.25, -0.2) is 4.98 Å². The number of hydrogen-bond acceptors (Lipinski definition) is 3. The van der Waals surface area contributed by atoms with E-state index in [2.05, 4.69) is 44.8 Å². The first-order valence-corrected chi connectivity index (χ1v) is 8.60. The molecule has 4 heteroatoms. The summed E-state index contributed by atoms with van der Waals surface area (Å²) < 4.78 is 2.12. The van der Waals surface area contributed by atoms with Crippen LogP contribution < -0.4 is 0 Å². The average molecular weight is 321 g/mol. The maximum atomic E-state index is 10.6. The molecule has 0 aliphatic carbocycles. The maximum Gasteiger partial charge on any atom is 0.106 e. The van der Waals surface area contributed by atoms with E-state index in [1.807, 2.05) is 25.1 Å². The SMILES string of the molecule is Cc1nc2ccccc2n1C[C@H](O)CN1CCc2ccccc2C1. The van der Waals surface area contributed by atoms with Crippen molar-refractivity contribution >= 4 is 11.0 Å². The van der Waals surface area contributed by atoms with Gasteiger partial charge in [-0.05, 0) is 36.6 Å². The van der Waals surface area contributed by atoms with Gasteiger partial charge < -0.3 is 9.67 Å². The lowest BCUT2D eigenvalue weighted by atomic mass is 10.00. The van der Waals surface area contributed by atoms with Crippen LogP contribution in [0.15, 0.2) is 48.5 Å². The molecule has 4 rings (SSSR count). The number of aromatic nitrogens is 2. The van der Waals surface area contributed by atoms with E-state index in [4.69, 9.17) is 0 Å². The Hall–Kier alpha value is -2.17. The summed E-state index contributed by atoms with van der Waals surface area (Å²) >= 11 is 0. The zero-order valence-electron chi connectivity index (χ0n) is 14.0. The summed E-state index contributed by atoms with van der Waals surface area (Å²) in [4.78, 5) is 6.93. The second-order valence-corrected chi connectivity index (χ2v) is 6.67. The van der Waals surface area contributed by atoms with Crippen LogP contribution in [0.4, 0.5) is 0 Å². The van der Waals surface area contributed by atoms with Crippen LogP contribution in [0.5, 0.6) is 0 Å². The average Bonchev–Trinajstić information content (AvgIpc) is 2.90. The van der Waals surface area contributed by atoms with Crippen molar-refractivity contribution in [3.63, 3.8) is 0 Å². The predicted molar refractivity (Wildman–Crippen MR) is 95.9 cm³/mol. The Bertz CT molecular complexity index is 855. The number of β-amino-alcohol motifs (C(OH)–C–C–N with tert-alkyl or cyclic N) is 1. The summed E-state index contributed by atoms with van der Waals surface area (Å²) in [7, 11) is 0. The number of aliphatic hydroxyl groups is 1. The van der Waals surface area contributed by atoms with Crippen LogP contribution in [0.2, 0.25) is 0 Å². The van der Waals surface area contributed by atoms with E-state index in [1.165, 1.54) is 11.1 Å². The van der Waals surface area contributed by atoms with Gasteiger partial charge in [-0.2, -0.15) is 0 Å². The lowest BCUT2D eigenvalue weighted by molar-refractivity contribution is 0.0922. The zero-order valence-corrected chi connectivity index (χ0v) is 14.0. The number of aryl methyl sites for hydroxylation is 1. The Kier molecular flexibility index (Phi) is 4.08. The molecule has 3 aromatic rings. The molecule has 0 bridgehead atoms. The monoisotopic (exact) mass is 321 g/mol. The second-order valence-electron chi connectivity index (χ2n) is 6.67. The highest BCUT2D eigenvalue weighted by molar-refractivity contribution is 5.75. The normalized spacial score (nSPS) is 16.2. The standard InChI is InChI=1S/C20H23N3O/c1-15-21-19-8-4-5-9-20(19)23(15)14-18(24)13-22-11-10-16-6-2-3-7-17(16)12-22/h2-9,18,24H,10-14H2,1H3/t18-/m1/s1. The molecule has 1 atom stereocenters. The van der Waals surface area contributed by atoms with Gasteiger partial charge in [0.05, 0.1) is 23.7 Å². The molecule has 2 aromatic carbocycles. The van der Waals surface area contributed by atoms with Gasteiger partial charge in [-0.15, -0.1) is 0 Å². The molecule has 0 unspecified atom stereocenters. The Labute approximate surface area is 142 Å². The Morgan fingerprint density at radius 3 is 2.67 bits per heavy atom. The predicted octanol–water partition coefficient (Wildman–Crippen LogP) is 2.76. The fourth-order valence-corrected chi connectivity index (χ4v) is 3.70. The summed E-state index contributed by atoms with van der Waals surface area (Å²) in [6.45, 7) is 5.23. The molecule has 0 saturated heterocycles. The molecule has 1 aliphatic heterocycles. The van der Waals surface area contributed by atoms with Gasteiger partial charge in [0.25, 0.3) is 0 Å². The molecule has 1 N–H and O–H groups in total. The number of para-hydroxylation sites is 2. The first kappa shape index (κ1) is 15.4. The minimum Gasteiger partial charge on any atom is -0.390 e. The molecular weight excluding hydrogens is 298 g/mol. The number of benzene rings is 2. The first-order valence-electron chi connectivity index (χ1n) is 8.60. The molecule has 0 fully saturated rings.